The van der Waals surface area contributed by atoms with Crippen LogP contribution in [0.5, 0.6) is 0 Å². The number of hydrogen-bond acceptors (Lipinski definition) is 4. The topological polar surface area (TPSA) is 83.2 Å². The molecule has 1 fully saturated rings. The SMILES string of the molecule is N#CC[C@@H](C1CCCCC1)n1cc(-c2cnnc3[nH]ccc23)cn1. The molecule has 0 radical (unpaired) electrons. The summed E-state index contributed by atoms with van der Waals surface area (Å²) in [4.78, 5) is 3.09. The van der Waals surface area contributed by atoms with Crippen LogP contribution in [0, 0.1) is 17.2 Å². The van der Waals surface area contributed by atoms with Crippen molar-refractivity contribution in [1.82, 2.24) is 25.0 Å². The first-order valence-electron chi connectivity index (χ1n) is 8.57. The van der Waals surface area contributed by atoms with Gasteiger partial charge in [0.15, 0.2) is 5.65 Å². The van der Waals surface area contributed by atoms with Crippen molar-refractivity contribution in [2.24, 2.45) is 5.92 Å². The Morgan fingerprint density at radius 2 is 2.17 bits per heavy atom. The van der Waals surface area contributed by atoms with Crippen LogP contribution in [0.2, 0.25) is 0 Å². The Balaban J connectivity index is 1.68. The molecule has 3 aromatic rings. The summed E-state index contributed by atoms with van der Waals surface area (Å²) in [5.74, 6) is 0.550. The van der Waals surface area contributed by atoms with E-state index in [1.54, 1.807) is 6.20 Å². The first kappa shape index (κ1) is 14.9. The van der Waals surface area contributed by atoms with Crippen LogP contribution in [0.3, 0.4) is 0 Å². The van der Waals surface area contributed by atoms with Gasteiger partial charge in [-0.15, -0.1) is 5.10 Å². The second-order valence-electron chi connectivity index (χ2n) is 6.53. The average Bonchev–Trinajstić information content (AvgIpc) is 3.29. The molecule has 24 heavy (non-hydrogen) atoms. The molecule has 0 bridgehead atoms. The van der Waals surface area contributed by atoms with Gasteiger partial charge in [-0.1, -0.05) is 19.3 Å². The van der Waals surface area contributed by atoms with E-state index in [0.717, 1.165) is 22.2 Å². The standard InChI is InChI=1S/C18H20N6/c19-8-6-17(13-4-2-1-3-5-13)24-12-14(10-22-24)16-11-21-23-18-15(16)7-9-20-18/h7,9-13,17H,1-6H2,(H,20,23)/t17-/m0/s1. The fourth-order valence-electron chi connectivity index (χ4n) is 3.85. The van der Waals surface area contributed by atoms with Gasteiger partial charge in [0.1, 0.15) is 0 Å². The van der Waals surface area contributed by atoms with Crippen molar-refractivity contribution < 1.29 is 0 Å². The molecular formula is C18H20N6. The second kappa shape index (κ2) is 6.44. The number of aromatic nitrogens is 5. The molecule has 122 valence electrons. The number of hydrogen-bond donors (Lipinski definition) is 1. The van der Waals surface area contributed by atoms with Crippen LogP contribution in [0.1, 0.15) is 44.6 Å². The summed E-state index contributed by atoms with van der Waals surface area (Å²) < 4.78 is 1.99. The van der Waals surface area contributed by atoms with E-state index >= 15 is 0 Å². The summed E-state index contributed by atoms with van der Waals surface area (Å²) in [7, 11) is 0. The lowest BCUT2D eigenvalue weighted by Gasteiger charge is -2.29. The van der Waals surface area contributed by atoms with Gasteiger partial charge < -0.3 is 4.98 Å². The molecule has 0 amide bonds. The number of nitriles is 1. The highest BCUT2D eigenvalue weighted by Gasteiger charge is 2.26. The van der Waals surface area contributed by atoms with Gasteiger partial charge in [-0.05, 0) is 24.8 Å². The number of nitrogens with one attached hydrogen (secondary N) is 1. The minimum atomic E-state index is 0.167. The van der Waals surface area contributed by atoms with Crippen molar-refractivity contribution >= 4 is 11.0 Å². The molecule has 3 aromatic heterocycles. The number of fused-ring (bicyclic) bond motifs is 1. The van der Waals surface area contributed by atoms with E-state index in [-0.39, 0.29) is 6.04 Å². The maximum absolute atomic E-state index is 9.25. The third kappa shape index (κ3) is 2.67. The van der Waals surface area contributed by atoms with E-state index in [0.29, 0.717) is 12.3 Å². The zero-order chi connectivity index (χ0) is 16.4. The molecular weight excluding hydrogens is 300 g/mol. The highest BCUT2D eigenvalue weighted by atomic mass is 15.3. The molecule has 1 atom stereocenters. The molecule has 3 heterocycles. The molecule has 6 nitrogen and oxygen atoms in total. The lowest BCUT2D eigenvalue weighted by molar-refractivity contribution is 0.237. The summed E-state index contributed by atoms with van der Waals surface area (Å²) in [5.41, 5.74) is 2.82. The van der Waals surface area contributed by atoms with Crippen LogP contribution in [0.4, 0.5) is 0 Å². The van der Waals surface area contributed by atoms with Gasteiger partial charge in [0.25, 0.3) is 0 Å². The summed E-state index contributed by atoms with van der Waals surface area (Å²) in [5, 5.41) is 23.0. The molecule has 0 unspecified atom stereocenters. The van der Waals surface area contributed by atoms with Crippen LogP contribution in [0.25, 0.3) is 22.2 Å². The van der Waals surface area contributed by atoms with Crippen molar-refractivity contribution in [1.29, 1.82) is 5.26 Å². The lowest BCUT2D eigenvalue weighted by Crippen LogP contribution is -2.22. The number of aromatic amines is 1. The Labute approximate surface area is 140 Å². The highest BCUT2D eigenvalue weighted by Crippen LogP contribution is 2.35. The van der Waals surface area contributed by atoms with Crippen LogP contribution in [-0.4, -0.2) is 25.0 Å². The smallest absolute Gasteiger partial charge is 0.160 e. The minimum absolute atomic E-state index is 0.167. The number of nitrogens with zero attached hydrogens (tertiary/aromatic N) is 5. The van der Waals surface area contributed by atoms with E-state index < -0.39 is 0 Å². The molecule has 0 aromatic carbocycles. The molecule has 1 aliphatic rings. The Bertz CT molecular complexity index is 865. The average molecular weight is 320 g/mol. The molecule has 4 rings (SSSR count). The van der Waals surface area contributed by atoms with E-state index in [9.17, 15) is 5.26 Å². The largest absolute Gasteiger partial charge is 0.345 e. The van der Waals surface area contributed by atoms with Gasteiger partial charge in [0, 0.05) is 28.9 Å². The van der Waals surface area contributed by atoms with Crippen molar-refractivity contribution in [2.45, 2.75) is 44.6 Å². The lowest BCUT2D eigenvalue weighted by atomic mass is 9.83. The van der Waals surface area contributed by atoms with Crippen LogP contribution in [0.15, 0.2) is 30.9 Å². The summed E-state index contributed by atoms with van der Waals surface area (Å²) >= 11 is 0. The summed E-state index contributed by atoms with van der Waals surface area (Å²) in [6.45, 7) is 0. The predicted octanol–water partition coefficient (Wildman–Crippen LogP) is 3.86. The van der Waals surface area contributed by atoms with Crippen LogP contribution < -0.4 is 0 Å². The Hall–Kier alpha value is -2.68. The van der Waals surface area contributed by atoms with Crippen LogP contribution >= 0.6 is 0 Å². The molecule has 0 spiro atoms. The number of rotatable bonds is 4. The monoisotopic (exact) mass is 320 g/mol. The van der Waals surface area contributed by atoms with Gasteiger partial charge in [-0.25, -0.2) is 0 Å². The van der Waals surface area contributed by atoms with Crippen molar-refractivity contribution in [3.63, 3.8) is 0 Å². The highest BCUT2D eigenvalue weighted by molar-refractivity contribution is 5.91. The Morgan fingerprint density at radius 1 is 1.29 bits per heavy atom. The predicted molar refractivity (Wildman–Crippen MR) is 91.0 cm³/mol. The fourth-order valence-corrected chi connectivity index (χ4v) is 3.85. The third-order valence-electron chi connectivity index (χ3n) is 5.11. The fraction of sp³-hybridized carbons (Fsp3) is 0.444. The van der Waals surface area contributed by atoms with Crippen molar-refractivity contribution in [2.75, 3.05) is 0 Å². The van der Waals surface area contributed by atoms with E-state index in [4.69, 9.17) is 0 Å². The van der Waals surface area contributed by atoms with E-state index in [2.05, 4.69) is 32.5 Å². The first-order valence-corrected chi connectivity index (χ1v) is 8.57. The van der Waals surface area contributed by atoms with Gasteiger partial charge in [0.05, 0.1) is 30.9 Å². The normalized spacial score (nSPS) is 17.0. The molecule has 1 N–H and O–H groups in total. The Morgan fingerprint density at radius 3 is 3.00 bits per heavy atom. The molecule has 6 heteroatoms. The minimum Gasteiger partial charge on any atom is -0.345 e. The zero-order valence-corrected chi connectivity index (χ0v) is 13.5. The molecule has 0 aliphatic heterocycles. The Kier molecular flexibility index (Phi) is 3.99. The summed E-state index contributed by atoms with van der Waals surface area (Å²) in [6.07, 6.45) is 14.3. The molecule has 0 saturated heterocycles. The van der Waals surface area contributed by atoms with Gasteiger partial charge in [-0.2, -0.15) is 15.5 Å². The van der Waals surface area contributed by atoms with Gasteiger partial charge in [-0.3, -0.25) is 4.68 Å². The van der Waals surface area contributed by atoms with Crippen LogP contribution in [-0.2, 0) is 0 Å². The van der Waals surface area contributed by atoms with Crippen molar-refractivity contribution in [3.05, 3.63) is 30.9 Å². The van der Waals surface area contributed by atoms with Gasteiger partial charge >= 0.3 is 0 Å². The first-order chi connectivity index (χ1) is 11.9. The van der Waals surface area contributed by atoms with Gasteiger partial charge in [0.2, 0.25) is 0 Å². The summed E-state index contributed by atoms with van der Waals surface area (Å²) in [6, 6.07) is 4.52. The maximum Gasteiger partial charge on any atom is 0.160 e. The third-order valence-corrected chi connectivity index (χ3v) is 5.11. The van der Waals surface area contributed by atoms with E-state index in [1.165, 1.54) is 32.1 Å². The quantitative estimate of drug-likeness (QED) is 0.791. The maximum atomic E-state index is 9.25. The van der Waals surface area contributed by atoms with E-state index in [1.807, 2.05) is 23.1 Å². The van der Waals surface area contributed by atoms with Crippen molar-refractivity contribution in [3.8, 4) is 17.2 Å². The molecule has 1 saturated carbocycles. The zero-order valence-electron chi connectivity index (χ0n) is 13.5. The number of H-pyrrole nitrogens is 1. The molecule has 1 aliphatic carbocycles. The second-order valence-corrected chi connectivity index (χ2v) is 6.53.